The van der Waals surface area contributed by atoms with Crippen molar-refractivity contribution < 1.29 is 14.7 Å². The normalized spacial score (nSPS) is 11.7. The predicted octanol–water partition coefficient (Wildman–Crippen LogP) is 1.38. The first-order valence-corrected chi connectivity index (χ1v) is 6.69. The van der Waals surface area contributed by atoms with E-state index in [4.69, 9.17) is 5.11 Å². The quantitative estimate of drug-likeness (QED) is 0.790. The monoisotopic (exact) mass is 279 g/mol. The number of urea groups is 1. The van der Waals surface area contributed by atoms with E-state index in [1.807, 2.05) is 19.1 Å². The number of nitrogens with zero attached hydrogens (tertiary/aromatic N) is 2. The highest BCUT2D eigenvalue weighted by Gasteiger charge is 2.18. The van der Waals surface area contributed by atoms with E-state index in [1.165, 1.54) is 4.90 Å². The topological polar surface area (TPSA) is 82.5 Å². The number of aliphatic carboxylic acids is 1. The van der Waals surface area contributed by atoms with Gasteiger partial charge in [-0.1, -0.05) is 6.92 Å². The maximum Gasteiger partial charge on any atom is 0.317 e. The molecule has 0 radical (unpaired) electrons. The molecular weight excluding hydrogens is 258 g/mol. The Morgan fingerprint density at radius 3 is 2.60 bits per heavy atom. The molecule has 2 N–H and O–H groups in total. The van der Waals surface area contributed by atoms with Crippen LogP contribution in [-0.2, 0) is 11.2 Å². The molecule has 0 aromatic carbocycles. The number of carboxylic acid groups (broad SMARTS) is 1. The Morgan fingerprint density at radius 2 is 2.05 bits per heavy atom. The second-order valence-electron chi connectivity index (χ2n) is 4.62. The standard InChI is InChI=1S/C14H21N3O3/c1-3-17(10-11(2)13(18)19)14(20)16-9-6-12-4-7-15-8-5-12/h4-5,7-8,11H,3,6,9-10H2,1-2H3,(H,16,20)(H,18,19). The molecule has 0 aliphatic heterocycles. The second kappa shape index (κ2) is 8.14. The summed E-state index contributed by atoms with van der Waals surface area (Å²) in [5, 5.41) is 11.7. The van der Waals surface area contributed by atoms with E-state index in [9.17, 15) is 9.59 Å². The van der Waals surface area contributed by atoms with Gasteiger partial charge in [-0.3, -0.25) is 9.78 Å². The summed E-state index contributed by atoms with van der Waals surface area (Å²) in [6, 6.07) is 3.57. The lowest BCUT2D eigenvalue weighted by molar-refractivity contribution is -0.141. The van der Waals surface area contributed by atoms with E-state index >= 15 is 0 Å². The van der Waals surface area contributed by atoms with E-state index in [-0.39, 0.29) is 12.6 Å². The van der Waals surface area contributed by atoms with Crippen LogP contribution < -0.4 is 5.32 Å². The van der Waals surface area contributed by atoms with Crippen molar-refractivity contribution in [1.29, 1.82) is 0 Å². The minimum Gasteiger partial charge on any atom is -0.481 e. The van der Waals surface area contributed by atoms with Gasteiger partial charge in [-0.2, -0.15) is 0 Å². The Hall–Kier alpha value is -2.11. The van der Waals surface area contributed by atoms with Crippen molar-refractivity contribution in [2.75, 3.05) is 19.6 Å². The Morgan fingerprint density at radius 1 is 1.40 bits per heavy atom. The average Bonchev–Trinajstić information content (AvgIpc) is 2.45. The molecule has 0 spiro atoms. The maximum atomic E-state index is 11.9. The molecular formula is C14H21N3O3. The van der Waals surface area contributed by atoms with Crippen molar-refractivity contribution in [2.24, 2.45) is 5.92 Å². The van der Waals surface area contributed by atoms with Crippen LogP contribution in [-0.4, -0.2) is 46.6 Å². The molecule has 1 aromatic rings. The number of carboxylic acids is 1. The molecule has 1 atom stereocenters. The summed E-state index contributed by atoms with van der Waals surface area (Å²) >= 11 is 0. The molecule has 110 valence electrons. The van der Waals surface area contributed by atoms with Gasteiger partial charge in [-0.05, 0) is 31.0 Å². The maximum absolute atomic E-state index is 11.9. The smallest absolute Gasteiger partial charge is 0.317 e. The number of hydrogen-bond donors (Lipinski definition) is 2. The molecule has 6 heteroatoms. The summed E-state index contributed by atoms with van der Waals surface area (Å²) in [6.07, 6.45) is 4.15. The van der Waals surface area contributed by atoms with Crippen molar-refractivity contribution in [2.45, 2.75) is 20.3 Å². The van der Waals surface area contributed by atoms with Crippen LogP contribution in [0.25, 0.3) is 0 Å². The van der Waals surface area contributed by atoms with Gasteiger partial charge in [0.2, 0.25) is 0 Å². The van der Waals surface area contributed by atoms with E-state index in [2.05, 4.69) is 10.3 Å². The van der Waals surface area contributed by atoms with Crippen LogP contribution in [0, 0.1) is 5.92 Å². The van der Waals surface area contributed by atoms with E-state index in [0.29, 0.717) is 13.1 Å². The summed E-state index contributed by atoms with van der Waals surface area (Å²) in [4.78, 5) is 28.2. The van der Waals surface area contributed by atoms with E-state index in [1.54, 1.807) is 19.3 Å². The zero-order chi connectivity index (χ0) is 15.0. The molecule has 1 unspecified atom stereocenters. The number of amides is 2. The predicted molar refractivity (Wildman–Crippen MR) is 75.4 cm³/mol. The first kappa shape index (κ1) is 15.9. The Bertz CT molecular complexity index is 437. The van der Waals surface area contributed by atoms with Crippen molar-refractivity contribution in [3.05, 3.63) is 30.1 Å². The Kier molecular flexibility index (Phi) is 6.49. The van der Waals surface area contributed by atoms with Gasteiger partial charge in [0.25, 0.3) is 0 Å². The highest BCUT2D eigenvalue weighted by Crippen LogP contribution is 2.01. The summed E-state index contributed by atoms with van der Waals surface area (Å²) < 4.78 is 0. The first-order valence-electron chi connectivity index (χ1n) is 6.69. The molecule has 6 nitrogen and oxygen atoms in total. The second-order valence-corrected chi connectivity index (χ2v) is 4.62. The van der Waals surface area contributed by atoms with Crippen LogP contribution in [0.4, 0.5) is 4.79 Å². The number of pyridine rings is 1. The number of rotatable bonds is 7. The summed E-state index contributed by atoms with van der Waals surface area (Å²) in [5.41, 5.74) is 1.10. The van der Waals surface area contributed by atoms with Gasteiger partial charge >= 0.3 is 12.0 Å². The van der Waals surface area contributed by atoms with E-state index < -0.39 is 11.9 Å². The Balaban J connectivity index is 2.38. The number of nitrogens with one attached hydrogen (secondary N) is 1. The number of carbonyl (C=O) groups is 2. The third-order valence-corrected chi connectivity index (χ3v) is 3.02. The molecule has 1 rings (SSSR count). The molecule has 2 amide bonds. The molecule has 1 aromatic heterocycles. The lowest BCUT2D eigenvalue weighted by Crippen LogP contribution is -2.43. The minimum atomic E-state index is -0.895. The summed E-state index contributed by atoms with van der Waals surface area (Å²) in [7, 11) is 0. The summed E-state index contributed by atoms with van der Waals surface area (Å²) in [6.45, 7) is 4.64. The SMILES string of the molecule is CCN(CC(C)C(=O)O)C(=O)NCCc1ccncc1. The third-order valence-electron chi connectivity index (χ3n) is 3.02. The lowest BCUT2D eigenvalue weighted by Gasteiger charge is -2.23. The van der Waals surface area contributed by atoms with Crippen LogP contribution in [0.15, 0.2) is 24.5 Å². The molecule has 0 aliphatic rings. The average molecular weight is 279 g/mol. The zero-order valence-electron chi connectivity index (χ0n) is 11.9. The van der Waals surface area contributed by atoms with Crippen LogP contribution in [0.5, 0.6) is 0 Å². The number of aromatic nitrogens is 1. The van der Waals surface area contributed by atoms with Gasteiger partial charge in [0.05, 0.1) is 5.92 Å². The lowest BCUT2D eigenvalue weighted by atomic mass is 10.2. The fraction of sp³-hybridized carbons (Fsp3) is 0.500. The molecule has 0 fully saturated rings. The molecule has 1 heterocycles. The molecule has 0 saturated heterocycles. The summed E-state index contributed by atoms with van der Waals surface area (Å²) in [5.74, 6) is -1.46. The van der Waals surface area contributed by atoms with Crippen molar-refractivity contribution in [3.63, 3.8) is 0 Å². The van der Waals surface area contributed by atoms with Crippen LogP contribution in [0.2, 0.25) is 0 Å². The van der Waals surface area contributed by atoms with Crippen LogP contribution >= 0.6 is 0 Å². The Labute approximate surface area is 118 Å². The van der Waals surface area contributed by atoms with Gasteiger partial charge in [-0.15, -0.1) is 0 Å². The van der Waals surface area contributed by atoms with Gasteiger partial charge < -0.3 is 15.3 Å². The molecule has 0 saturated carbocycles. The minimum absolute atomic E-state index is 0.215. The fourth-order valence-electron chi connectivity index (χ4n) is 1.74. The molecule has 0 aliphatic carbocycles. The van der Waals surface area contributed by atoms with Crippen LogP contribution in [0.1, 0.15) is 19.4 Å². The zero-order valence-corrected chi connectivity index (χ0v) is 11.9. The number of carbonyl (C=O) groups excluding carboxylic acids is 1. The fourth-order valence-corrected chi connectivity index (χ4v) is 1.74. The highest BCUT2D eigenvalue weighted by atomic mass is 16.4. The largest absolute Gasteiger partial charge is 0.481 e. The van der Waals surface area contributed by atoms with Crippen molar-refractivity contribution >= 4 is 12.0 Å². The van der Waals surface area contributed by atoms with Crippen molar-refractivity contribution in [3.8, 4) is 0 Å². The van der Waals surface area contributed by atoms with Gasteiger partial charge in [0.15, 0.2) is 0 Å². The van der Waals surface area contributed by atoms with Gasteiger partial charge in [-0.25, -0.2) is 4.79 Å². The highest BCUT2D eigenvalue weighted by molar-refractivity contribution is 5.75. The number of hydrogen-bond acceptors (Lipinski definition) is 3. The van der Waals surface area contributed by atoms with Gasteiger partial charge in [0, 0.05) is 32.0 Å². The first-order chi connectivity index (χ1) is 9.54. The molecule has 20 heavy (non-hydrogen) atoms. The van der Waals surface area contributed by atoms with E-state index in [0.717, 1.165) is 12.0 Å². The van der Waals surface area contributed by atoms with Gasteiger partial charge in [0.1, 0.15) is 0 Å². The van der Waals surface area contributed by atoms with Crippen LogP contribution in [0.3, 0.4) is 0 Å². The van der Waals surface area contributed by atoms with Crippen molar-refractivity contribution in [1.82, 2.24) is 15.2 Å². The molecule has 0 bridgehead atoms. The third kappa shape index (κ3) is 5.26.